The Labute approximate surface area is 108 Å². The molecule has 1 aliphatic rings. The predicted molar refractivity (Wildman–Crippen MR) is 70.3 cm³/mol. The summed E-state index contributed by atoms with van der Waals surface area (Å²) >= 11 is 0. The Kier molecular flexibility index (Phi) is 6.69. The van der Waals surface area contributed by atoms with Crippen LogP contribution in [0, 0.1) is 11.8 Å². The van der Waals surface area contributed by atoms with Crippen LogP contribution in [0.15, 0.2) is 36.1 Å². The Hall–Kier alpha value is -1.12. The molecule has 0 unspecified atom stereocenters. The van der Waals surface area contributed by atoms with Crippen LogP contribution in [0.4, 0.5) is 8.78 Å². The summed E-state index contributed by atoms with van der Waals surface area (Å²) in [7, 11) is 0. The van der Waals surface area contributed by atoms with E-state index >= 15 is 0 Å². The highest BCUT2D eigenvalue weighted by Crippen LogP contribution is 2.33. The zero-order valence-electron chi connectivity index (χ0n) is 11.2. The van der Waals surface area contributed by atoms with E-state index in [0.717, 1.165) is 31.6 Å². The van der Waals surface area contributed by atoms with Crippen LogP contribution < -0.4 is 0 Å². The first kappa shape index (κ1) is 14.9. The maximum absolute atomic E-state index is 12.9. The average molecular weight is 256 g/mol. The number of rotatable bonds is 5. The number of hydrogen-bond donors (Lipinski definition) is 0. The van der Waals surface area contributed by atoms with Crippen LogP contribution >= 0.6 is 0 Å². The Morgan fingerprint density at radius 2 is 1.78 bits per heavy atom. The molecule has 0 radical (unpaired) electrons. The fourth-order valence-electron chi connectivity index (χ4n) is 2.32. The van der Waals surface area contributed by atoms with Crippen molar-refractivity contribution in [3.05, 3.63) is 36.1 Å². The third kappa shape index (κ3) is 4.63. The van der Waals surface area contributed by atoms with Gasteiger partial charge in [-0.05, 0) is 43.3 Å². The fraction of sp³-hybridized carbons (Fsp3) is 0.600. The SMILES string of the molecule is CCOC(/C=C\C(=C\F)C1CCC(C)CC1)=C\F. The molecule has 0 N–H and O–H groups in total. The third-order valence-corrected chi connectivity index (χ3v) is 3.47. The van der Waals surface area contributed by atoms with Gasteiger partial charge in [-0.3, -0.25) is 0 Å². The fourth-order valence-corrected chi connectivity index (χ4v) is 2.32. The summed E-state index contributed by atoms with van der Waals surface area (Å²) in [6.07, 6.45) is 8.43. The zero-order valence-corrected chi connectivity index (χ0v) is 11.2. The minimum Gasteiger partial charge on any atom is -0.491 e. The van der Waals surface area contributed by atoms with Crippen molar-refractivity contribution in [3.63, 3.8) is 0 Å². The number of hydrogen-bond acceptors (Lipinski definition) is 1. The first-order valence-corrected chi connectivity index (χ1v) is 6.62. The van der Waals surface area contributed by atoms with Crippen LogP contribution in [-0.4, -0.2) is 6.61 Å². The van der Waals surface area contributed by atoms with Crippen molar-refractivity contribution in [1.82, 2.24) is 0 Å². The zero-order chi connectivity index (χ0) is 13.4. The molecule has 1 fully saturated rings. The van der Waals surface area contributed by atoms with Gasteiger partial charge in [-0.1, -0.05) is 25.8 Å². The molecule has 0 aromatic rings. The molecule has 0 aliphatic heterocycles. The molecule has 18 heavy (non-hydrogen) atoms. The molecule has 0 aromatic carbocycles. The molecular formula is C15H22F2O. The van der Waals surface area contributed by atoms with Gasteiger partial charge in [0.05, 0.1) is 12.9 Å². The van der Waals surface area contributed by atoms with E-state index in [0.29, 0.717) is 24.8 Å². The molecule has 0 bridgehead atoms. The maximum Gasteiger partial charge on any atom is 0.147 e. The van der Waals surface area contributed by atoms with Crippen molar-refractivity contribution in [2.45, 2.75) is 39.5 Å². The quantitative estimate of drug-likeness (QED) is 0.493. The van der Waals surface area contributed by atoms with Crippen LogP contribution in [0.25, 0.3) is 0 Å². The van der Waals surface area contributed by atoms with Crippen LogP contribution in [0.2, 0.25) is 0 Å². The Morgan fingerprint density at radius 1 is 1.11 bits per heavy atom. The van der Waals surface area contributed by atoms with Gasteiger partial charge in [0.1, 0.15) is 12.1 Å². The van der Waals surface area contributed by atoms with E-state index in [4.69, 9.17) is 4.74 Å². The lowest BCUT2D eigenvalue weighted by Crippen LogP contribution is -2.13. The summed E-state index contributed by atoms with van der Waals surface area (Å²) in [6, 6.07) is 0. The highest BCUT2D eigenvalue weighted by molar-refractivity contribution is 5.25. The van der Waals surface area contributed by atoms with Crippen molar-refractivity contribution in [1.29, 1.82) is 0 Å². The molecule has 3 heteroatoms. The lowest BCUT2D eigenvalue weighted by Gasteiger charge is -2.26. The summed E-state index contributed by atoms with van der Waals surface area (Å²) in [6.45, 7) is 4.41. The van der Waals surface area contributed by atoms with Gasteiger partial charge in [-0.25, -0.2) is 8.78 Å². The van der Waals surface area contributed by atoms with Crippen molar-refractivity contribution < 1.29 is 13.5 Å². The summed E-state index contributed by atoms with van der Waals surface area (Å²) in [5.74, 6) is 1.13. The average Bonchev–Trinajstić information content (AvgIpc) is 2.40. The smallest absolute Gasteiger partial charge is 0.147 e. The highest BCUT2D eigenvalue weighted by Gasteiger charge is 2.20. The number of ether oxygens (including phenoxy) is 1. The second-order valence-electron chi connectivity index (χ2n) is 4.84. The van der Waals surface area contributed by atoms with Gasteiger partial charge < -0.3 is 4.74 Å². The van der Waals surface area contributed by atoms with Gasteiger partial charge >= 0.3 is 0 Å². The number of allylic oxidation sites excluding steroid dienone is 3. The summed E-state index contributed by atoms with van der Waals surface area (Å²) in [4.78, 5) is 0. The third-order valence-electron chi connectivity index (χ3n) is 3.47. The van der Waals surface area contributed by atoms with Crippen molar-refractivity contribution >= 4 is 0 Å². The molecule has 0 aromatic heterocycles. The first-order chi connectivity index (χ1) is 8.71. The molecule has 0 saturated heterocycles. The van der Waals surface area contributed by atoms with Crippen LogP contribution in [0.5, 0.6) is 0 Å². The Balaban J connectivity index is 2.59. The normalized spacial score (nSPS) is 26.7. The first-order valence-electron chi connectivity index (χ1n) is 6.62. The summed E-state index contributed by atoms with van der Waals surface area (Å²) in [5, 5.41) is 0. The maximum atomic E-state index is 12.9. The molecule has 1 saturated carbocycles. The molecule has 0 heterocycles. The van der Waals surface area contributed by atoms with Crippen molar-refractivity contribution in [3.8, 4) is 0 Å². The van der Waals surface area contributed by atoms with Crippen LogP contribution in [0.3, 0.4) is 0 Å². The van der Waals surface area contributed by atoms with E-state index in [1.54, 1.807) is 13.0 Å². The van der Waals surface area contributed by atoms with Crippen molar-refractivity contribution in [2.24, 2.45) is 11.8 Å². The molecule has 0 atom stereocenters. The van der Waals surface area contributed by atoms with Gasteiger partial charge in [-0.15, -0.1) is 0 Å². The van der Waals surface area contributed by atoms with Gasteiger partial charge in [-0.2, -0.15) is 0 Å². The largest absolute Gasteiger partial charge is 0.491 e. The van der Waals surface area contributed by atoms with Gasteiger partial charge in [0, 0.05) is 0 Å². The van der Waals surface area contributed by atoms with Crippen LogP contribution in [0.1, 0.15) is 39.5 Å². The molecule has 0 amide bonds. The standard InChI is InChI=1S/C15H22F2O/c1-3-18-15(11-17)9-8-14(10-16)13-6-4-12(2)5-7-13/h8-13H,3-7H2,1-2H3/b9-8-,14-10-,15-11-. The molecule has 102 valence electrons. The lowest BCUT2D eigenvalue weighted by molar-refractivity contribution is 0.236. The van der Waals surface area contributed by atoms with E-state index in [-0.39, 0.29) is 11.7 Å². The van der Waals surface area contributed by atoms with E-state index in [2.05, 4.69) is 6.92 Å². The summed E-state index contributed by atoms with van der Waals surface area (Å²) in [5.41, 5.74) is 0.640. The molecule has 0 spiro atoms. The lowest BCUT2D eigenvalue weighted by atomic mass is 9.79. The highest BCUT2D eigenvalue weighted by atomic mass is 19.1. The second kappa shape index (κ2) is 8.06. The van der Waals surface area contributed by atoms with Gasteiger partial charge in [0.25, 0.3) is 0 Å². The van der Waals surface area contributed by atoms with E-state index in [9.17, 15) is 8.78 Å². The van der Waals surface area contributed by atoms with E-state index < -0.39 is 0 Å². The molecule has 1 rings (SSSR count). The Morgan fingerprint density at radius 3 is 2.28 bits per heavy atom. The topological polar surface area (TPSA) is 9.23 Å². The van der Waals surface area contributed by atoms with Crippen molar-refractivity contribution in [2.75, 3.05) is 6.61 Å². The monoisotopic (exact) mass is 256 g/mol. The summed E-state index contributed by atoms with van der Waals surface area (Å²) < 4.78 is 30.4. The minimum atomic E-state index is 0.140. The second-order valence-corrected chi connectivity index (χ2v) is 4.84. The minimum absolute atomic E-state index is 0.140. The van der Waals surface area contributed by atoms with E-state index in [1.165, 1.54) is 6.08 Å². The van der Waals surface area contributed by atoms with Crippen LogP contribution in [-0.2, 0) is 4.74 Å². The molecule has 1 aliphatic carbocycles. The van der Waals surface area contributed by atoms with Gasteiger partial charge in [0.2, 0.25) is 0 Å². The van der Waals surface area contributed by atoms with Gasteiger partial charge in [0.15, 0.2) is 0 Å². The number of halogens is 2. The van der Waals surface area contributed by atoms with E-state index in [1.807, 2.05) is 0 Å². The molecular weight excluding hydrogens is 234 g/mol. The molecule has 1 nitrogen and oxygen atoms in total. The predicted octanol–water partition coefficient (Wildman–Crippen LogP) is 5.07. The Bertz CT molecular complexity index is 323.